The van der Waals surface area contributed by atoms with Crippen molar-refractivity contribution in [2.45, 2.75) is 26.5 Å². The lowest BCUT2D eigenvalue weighted by Gasteiger charge is -2.11. The molecule has 1 aromatic carbocycles. The summed E-state index contributed by atoms with van der Waals surface area (Å²) in [6.45, 7) is 3.81. The molecule has 0 saturated heterocycles. The van der Waals surface area contributed by atoms with E-state index in [0.717, 1.165) is 0 Å². The molecule has 0 aromatic heterocycles. The van der Waals surface area contributed by atoms with Gasteiger partial charge in [0.2, 0.25) is 0 Å². The molecule has 0 aliphatic rings. The van der Waals surface area contributed by atoms with Crippen molar-refractivity contribution in [2.24, 2.45) is 0 Å². The van der Waals surface area contributed by atoms with Crippen molar-refractivity contribution in [3.05, 3.63) is 29.6 Å². The fourth-order valence-electron chi connectivity index (χ4n) is 1.32. The fourth-order valence-corrected chi connectivity index (χ4v) is 1.32. The zero-order valence-corrected chi connectivity index (χ0v) is 9.87. The SMILES string of the molecule is CC(C)Oc1ccc(CNCC(=O)O)cc1F. The molecule has 5 heteroatoms. The molecule has 0 unspecified atom stereocenters. The first kappa shape index (κ1) is 13.4. The summed E-state index contributed by atoms with van der Waals surface area (Å²) in [5.41, 5.74) is 0.680. The van der Waals surface area contributed by atoms with E-state index in [1.165, 1.54) is 6.07 Å². The minimum absolute atomic E-state index is 0.0829. The highest BCUT2D eigenvalue weighted by Gasteiger charge is 2.06. The van der Waals surface area contributed by atoms with Gasteiger partial charge in [-0.1, -0.05) is 6.07 Å². The van der Waals surface area contributed by atoms with Crippen LogP contribution < -0.4 is 10.1 Å². The predicted octanol–water partition coefficient (Wildman–Crippen LogP) is 1.79. The molecule has 0 aliphatic carbocycles. The van der Waals surface area contributed by atoms with E-state index in [2.05, 4.69) is 5.32 Å². The van der Waals surface area contributed by atoms with Gasteiger partial charge in [0.25, 0.3) is 0 Å². The van der Waals surface area contributed by atoms with E-state index < -0.39 is 11.8 Å². The summed E-state index contributed by atoms with van der Waals surface area (Å²) < 4.78 is 18.8. The Kier molecular flexibility index (Phi) is 4.90. The van der Waals surface area contributed by atoms with Crippen LogP contribution >= 0.6 is 0 Å². The number of ether oxygens (including phenoxy) is 1. The number of hydrogen-bond donors (Lipinski definition) is 2. The van der Waals surface area contributed by atoms with Gasteiger partial charge < -0.3 is 15.2 Å². The zero-order valence-electron chi connectivity index (χ0n) is 9.87. The Morgan fingerprint density at radius 2 is 2.24 bits per heavy atom. The Hall–Kier alpha value is -1.62. The van der Waals surface area contributed by atoms with E-state index in [1.807, 2.05) is 13.8 Å². The number of carbonyl (C=O) groups is 1. The smallest absolute Gasteiger partial charge is 0.317 e. The van der Waals surface area contributed by atoms with Crippen LogP contribution in [0.15, 0.2) is 18.2 Å². The van der Waals surface area contributed by atoms with Crippen LogP contribution in [0.1, 0.15) is 19.4 Å². The number of nitrogens with one attached hydrogen (secondary N) is 1. The standard InChI is InChI=1S/C12H16FNO3/c1-8(2)17-11-4-3-9(5-10(11)13)6-14-7-12(15)16/h3-5,8,14H,6-7H2,1-2H3,(H,15,16). The maximum atomic E-state index is 13.5. The predicted molar refractivity (Wildman–Crippen MR) is 61.5 cm³/mol. The van der Waals surface area contributed by atoms with Gasteiger partial charge in [-0.15, -0.1) is 0 Å². The van der Waals surface area contributed by atoms with Gasteiger partial charge in [-0.25, -0.2) is 4.39 Å². The second kappa shape index (κ2) is 6.20. The topological polar surface area (TPSA) is 58.6 Å². The minimum Gasteiger partial charge on any atom is -0.488 e. The number of carboxylic acids is 1. The van der Waals surface area contributed by atoms with Crippen molar-refractivity contribution in [1.29, 1.82) is 0 Å². The largest absolute Gasteiger partial charge is 0.488 e. The lowest BCUT2D eigenvalue weighted by atomic mass is 10.2. The molecule has 0 aliphatic heterocycles. The quantitative estimate of drug-likeness (QED) is 0.797. The first-order chi connectivity index (χ1) is 7.99. The summed E-state index contributed by atoms with van der Waals surface area (Å²) in [5.74, 6) is -1.17. The highest BCUT2D eigenvalue weighted by molar-refractivity contribution is 5.68. The van der Waals surface area contributed by atoms with Crippen molar-refractivity contribution < 1.29 is 19.0 Å². The highest BCUT2D eigenvalue weighted by atomic mass is 19.1. The van der Waals surface area contributed by atoms with E-state index >= 15 is 0 Å². The van der Waals surface area contributed by atoms with Crippen molar-refractivity contribution >= 4 is 5.97 Å². The maximum absolute atomic E-state index is 13.5. The van der Waals surface area contributed by atoms with Crippen molar-refractivity contribution in [3.8, 4) is 5.75 Å². The third kappa shape index (κ3) is 4.82. The first-order valence-electron chi connectivity index (χ1n) is 5.36. The molecule has 0 atom stereocenters. The zero-order chi connectivity index (χ0) is 12.8. The van der Waals surface area contributed by atoms with E-state index in [9.17, 15) is 9.18 Å². The van der Waals surface area contributed by atoms with Gasteiger partial charge in [0, 0.05) is 6.54 Å². The molecule has 1 aromatic rings. The molecule has 0 amide bonds. The van der Waals surface area contributed by atoms with E-state index in [4.69, 9.17) is 9.84 Å². The van der Waals surface area contributed by atoms with Crippen LogP contribution in [0.5, 0.6) is 5.75 Å². The van der Waals surface area contributed by atoms with Gasteiger partial charge in [0.1, 0.15) is 0 Å². The summed E-state index contributed by atoms with van der Waals surface area (Å²) in [4.78, 5) is 10.3. The van der Waals surface area contributed by atoms with Gasteiger partial charge in [-0.3, -0.25) is 4.79 Å². The Morgan fingerprint density at radius 1 is 1.53 bits per heavy atom. The van der Waals surface area contributed by atoms with Gasteiger partial charge in [0.05, 0.1) is 12.6 Å². The van der Waals surface area contributed by atoms with E-state index in [-0.39, 0.29) is 18.4 Å². The third-order valence-electron chi connectivity index (χ3n) is 1.96. The first-order valence-corrected chi connectivity index (χ1v) is 5.36. The summed E-state index contributed by atoms with van der Waals surface area (Å²) in [7, 11) is 0. The molecule has 0 radical (unpaired) electrons. The van der Waals surface area contributed by atoms with Gasteiger partial charge in [-0.05, 0) is 31.5 Å². The van der Waals surface area contributed by atoms with Gasteiger partial charge >= 0.3 is 5.97 Å². The summed E-state index contributed by atoms with van der Waals surface area (Å²) in [6, 6.07) is 4.59. The molecule has 0 bridgehead atoms. The average Bonchev–Trinajstić information content (AvgIpc) is 2.21. The number of benzene rings is 1. The molecule has 0 spiro atoms. The lowest BCUT2D eigenvalue weighted by Crippen LogP contribution is -2.21. The number of hydrogen-bond acceptors (Lipinski definition) is 3. The van der Waals surface area contributed by atoms with E-state index in [0.29, 0.717) is 12.1 Å². The maximum Gasteiger partial charge on any atom is 0.317 e. The van der Waals surface area contributed by atoms with Crippen LogP contribution in [0.4, 0.5) is 4.39 Å². The second-order valence-electron chi connectivity index (χ2n) is 3.93. The number of halogens is 1. The average molecular weight is 241 g/mol. The van der Waals surface area contributed by atoms with Crippen molar-refractivity contribution in [2.75, 3.05) is 6.54 Å². The minimum atomic E-state index is -0.940. The Labute approximate surface area is 99.4 Å². The summed E-state index contributed by atoms with van der Waals surface area (Å²) in [5, 5.41) is 11.1. The van der Waals surface area contributed by atoms with Crippen LogP contribution in [0.3, 0.4) is 0 Å². The van der Waals surface area contributed by atoms with Gasteiger partial charge in [-0.2, -0.15) is 0 Å². The summed E-state index contributed by atoms with van der Waals surface area (Å²) in [6.07, 6.45) is -0.0829. The van der Waals surface area contributed by atoms with E-state index in [1.54, 1.807) is 12.1 Å². The molecule has 4 nitrogen and oxygen atoms in total. The monoisotopic (exact) mass is 241 g/mol. The van der Waals surface area contributed by atoms with Crippen LogP contribution in [0.2, 0.25) is 0 Å². The Bertz CT molecular complexity index is 393. The van der Waals surface area contributed by atoms with Crippen LogP contribution in [-0.2, 0) is 11.3 Å². The van der Waals surface area contributed by atoms with Crippen LogP contribution in [-0.4, -0.2) is 23.7 Å². The third-order valence-corrected chi connectivity index (χ3v) is 1.96. The second-order valence-corrected chi connectivity index (χ2v) is 3.93. The number of rotatable bonds is 6. The Morgan fingerprint density at radius 3 is 2.76 bits per heavy atom. The molecule has 2 N–H and O–H groups in total. The molecule has 0 heterocycles. The van der Waals surface area contributed by atoms with Gasteiger partial charge in [0.15, 0.2) is 11.6 Å². The molecule has 0 saturated carbocycles. The van der Waals surface area contributed by atoms with Crippen molar-refractivity contribution in [3.63, 3.8) is 0 Å². The fraction of sp³-hybridized carbons (Fsp3) is 0.417. The number of carboxylic acid groups (broad SMARTS) is 1. The highest BCUT2D eigenvalue weighted by Crippen LogP contribution is 2.19. The Balaban J connectivity index is 2.59. The molecule has 0 fully saturated rings. The van der Waals surface area contributed by atoms with Crippen LogP contribution in [0.25, 0.3) is 0 Å². The molecule has 17 heavy (non-hydrogen) atoms. The van der Waals surface area contributed by atoms with Crippen LogP contribution in [0, 0.1) is 5.82 Å². The molecule has 94 valence electrons. The number of aliphatic carboxylic acids is 1. The van der Waals surface area contributed by atoms with Crippen molar-refractivity contribution in [1.82, 2.24) is 5.32 Å². The molecular formula is C12H16FNO3. The molecule has 1 rings (SSSR count). The lowest BCUT2D eigenvalue weighted by molar-refractivity contribution is -0.135. The summed E-state index contributed by atoms with van der Waals surface area (Å²) >= 11 is 0. The normalized spacial score (nSPS) is 10.6. The molecular weight excluding hydrogens is 225 g/mol.